The van der Waals surface area contributed by atoms with Gasteiger partial charge in [-0.15, -0.1) is 5.10 Å². The Kier molecular flexibility index (Phi) is 5.03. The fraction of sp³-hybridized carbons (Fsp3) is 0.625. The summed E-state index contributed by atoms with van der Waals surface area (Å²) in [4.78, 5) is 12.0. The van der Waals surface area contributed by atoms with Gasteiger partial charge < -0.3 is 5.32 Å². The number of rotatable bonds is 5. The van der Waals surface area contributed by atoms with Crippen LogP contribution >= 0.6 is 27.5 Å². The predicted molar refractivity (Wildman–Crippen MR) is 59.8 cm³/mol. The van der Waals surface area contributed by atoms with Crippen LogP contribution < -0.4 is 5.32 Å². The van der Waals surface area contributed by atoms with Gasteiger partial charge in [-0.05, 0) is 23.9 Å². The van der Waals surface area contributed by atoms with Gasteiger partial charge in [0, 0.05) is 11.9 Å². The largest absolute Gasteiger partial charge is 0.351 e. The summed E-state index contributed by atoms with van der Waals surface area (Å²) in [6.07, 6.45) is 2.54. The molecule has 6 heteroatoms. The predicted octanol–water partition coefficient (Wildman–Crippen LogP) is 1.69. The molecule has 1 aromatic heterocycles. The van der Waals surface area contributed by atoms with E-state index in [9.17, 15) is 4.79 Å². The molecule has 1 atom stereocenters. The Morgan fingerprint density at radius 3 is 3.14 bits per heavy atom. The minimum Gasteiger partial charge on any atom is -0.351 e. The van der Waals surface area contributed by atoms with Crippen LogP contribution in [0, 0.1) is 5.92 Å². The standard InChI is InChI=1S/C8H12BrN3OS/c1-6(2-3-9)4-10-8(13)7-5-11-12-14-7/h5-6H,2-4H2,1H3,(H,10,13). The maximum absolute atomic E-state index is 11.4. The molecule has 1 unspecified atom stereocenters. The first-order valence-corrected chi connectivity index (χ1v) is 6.25. The Morgan fingerprint density at radius 2 is 2.57 bits per heavy atom. The van der Waals surface area contributed by atoms with Crippen LogP contribution in [0.15, 0.2) is 6.20 Å². The molecule has 78 valence electrons. The lowest BCUT2D eigenvalue weighted by Crippen LogP contribution is -2.27. The second kappa shape index (κ2) is 6.08. The molecule has 0 bridgehead atoms. The lowest BCUT2D eigenvalue weighted by Gasteiger charge is -2.09. The van der Waals surface area contributed by atoms with Crippen molar-refractivity contribution < 1.29 is 4.79 Å². The molecule has 0 fully saturated rings. The smallest absolute Gasteiger partial charge is 0.264 e. The van der Waals surface area contributed by atoms with Crippen LogP contribution in [0.2, 0.25) is 0 Å². The maximum Gasteiger partial charge on any atom is 0.264 e. The van der Waals surface area contributed by atoms with Gasteiger partial charge in [-0.3, -0.25) is 4.79 Å². The topological polar surface area (TPSA) is 54.9 Å². The van der Waals surface area contributed by atoms with E-state index in [1.807, 2.05) is 0 Å². The normalized spacial score (nSPS) is 12.4. The van der Waals surface area contributed by atoms with Crippen molar-refractivity contribution >= 4 is 33.4 Å². The third kappa shape index (κ3) is 3.71. The Hall–Kier alpha value is -0.490. The van der Waals surface area contributed by atoms with Crippen LogP contribution in [0.5, 0.6) is 0 Å². The first-order valence-electron chi connectivity index (χ1n) is 4.35. The molecular weight excluding hydrogens is 266 g/mol. The molecule has 0 radical (unpaired) electrons. The summed E-state index contributed by atoms with van der Waals surface area (Å²) in [5.41, 5.74) is 0. The number of hydrogen-bond donors (Lipinski definition) is 1. The van der Waals surface area contributed by atoms with E-state index in [0.29, 0.717) is 17.3 Å². The molecule has 4 nitrogen and oxygen atoms in total. The highest BCUT2D eigenvalue weighted by Gasteiger charge is 2.09. The van der Waals surface area contributed by atoms with Crippen molar-refractivity contribution in [2.24, 2.45) is 5.92 Å². The van der Waals surface area contributed by atoms with Gasteiger partial charge in [0.15, 0.2) is 0 Å². The summed E-state index contributed by atoms with van der Waals surface area (Å²) in [6, 6.07) is 0. The number of nitrogens with one attached hydrogen (secondary N) is 1. The number of halogens is 1. The van der Waals surface area contributed by atoms with Crippen molar-refractivity contribution in [2.45, 2.75) is 13.3 Å². The summed E-state index contributed by atoms with van der Waals surface area (Å²) in [5, 5.41) is 7.41. The van der Waals surface area contributed by atoms with E-state index < -0.39 is 0 Å². The first-order chi connectivity index (χ1) is 6.74. The van der Waals surface area contributed by atoms with Crippen molar-refractivity contribution in [1.29, 1.82) is 0 Å². The summed E-state index contributed by atoms with van der Waals surface area (Å²) < 4.78 is 3.63. The van der Waals surface area contributed by atoms with Gasteiger partial charge >= 0.3 is 0 Å². The summed E-state index contributed by atoms with van der Waals surface area (Å²) in [7, 11) is 0. The molecule has 1 rings (SSSR count). The van der Waals surface area contributed by atoms with E-state index in [1.165, 1.54) is 6.20 Å². The van der Waals surface area contributed by atoms with Crippen LogP contribution in [0.3, 0.4) is 0 Å². The summed E-state index contributed by atoms with van der Waals surface area (Å²) >= 11 is 4.48. The zero-order valence-electron chi connectivity index (χ0n) is 7.86. The molecule has 1 N–H and O–H groups in total. The van der Waals surface area contributed by atoms with Crippen LogP contribution in [0.1, 0.15) is 23.0 Å². The third-order valence-corrected chi connectivity index (χ3v) is 2.92. The molecular formula is C8H12BrN3OS. The lowest BCUT2D eigenvalue weighted by atomic mass is 10.1. The van der Waals surface area contributed by atoms with E-state index in [2.05, 4.69) is 37.8 Å². The number of aromatic nitrogens is 2. The number of alkyl halides is 1. The van der Waals surface area contributed by atoms with Crippen molar-refractivity contribution in [1.82, 2.24) is 14.9 Å². The van der Waals surface area contributed by atoms with E-state index in [-0.39, 0.29) is 5.91 Å². The molecule has 0 spiro atoms. The van der Waals surface area contributed by atoms with E-state index in [0.717, 1.165) is 23.3 Å². The summed E-state index contributed by atoms with van der Waals surface area (Å²) in [5.74, 6) is 0.403. The molecule has 0 aliphatic carbocycles. The molecule has 0 aliphatic rings. The molecule has 0 aliphatic heterocycles. The Balaban J connectivity index is 2.28. The molecule has 1 aromatic rings. The van der Waals surface area contributed by atoms with Crippen molar-refractivity contribution in [3.05, 3.63) is 11.1 Å². The Labute approximate surface area is 95.4 Å². The molecule has 0 aromatic carbocycles. The minimum absolute atomic E-state index is 0.0820. The number of carbonyl (C=O) groups is 1. The highest BCUT2D eigenvalue weighted by molar-refractivity contribution is 9.09. The van der Waals surface area contributed by atoms with Gasteiger partial charge in [-0.1, -0.05) is 27.3 Å². The Bertz CT molecular complexity index is 278. The average molecular weight is 278 g/mol. The molecule has 0 saturated heterocycles. The van der Waals surface area contributed by atoms with Gasteiger partial charge in [-0.2, -0.15) is 0 Å². The van der Waals surface area contributed by atoms with Crippen LogP contribution in [-0.4, -0.2) is 27.4 Å². The first kappa shape index (κ1) is 11.6. The van der Waals surface area contributed by atoms with Crippen molar-refractivity contribution in [2.75, 3.05) is 11.9 Å². The highest BCUT2D eigenvalue weighted by Crippen LogP contribution is 2.04. The number of hydrogen-bond acceptors (Lipinski definition) is 4. The van der Waals surface area contributed by atoms with Crippen LogP contribution in [0.25, 0.3) is 0 Å². The number of nitrogens with zero attached hydrogens (tertiary/aromatic N) is 2. The van der Waals surface area contributed by atoms with Gasteiger partial charge in [0.1, 0.15) is 4.88 Å². The number of amides is 1. The van der Waals surface area contributed by atoms with Crippen molar-refractivity contribution in [3.8, 4) is 0 Å². The quantitative estimate of drug-likeness (QED) is 0.834. The maximum atomic E-state index is 11.4. The summed E-state index contributed by atoms with van der Waals surface area (Å²) in [6.45, 7) is 2.80. The molecule has 0 saturated carbocycles. The second-order valence-electron chi connectivity index (χ2n) is 3.07. The van der Waals surface area contributed by atoms with E-state index >= 15 is 0 Å². The Morgan fingerprint density at radius 1 is 1.79 bits per heavy atom. The van der Waals surface area contributed by atoms with Crippen molar-refractivity contribution in [3.63, 3.8) is 0 Å². The minimum atomic E-state index is -0.0820. The number of carbonyl (C=O) groups excluding carboxylic acids is 1. The molecule has 1 heterocycles. The second-order valence-corrected chi connectivity index (χ2v) is 4.65. The average Bonchev–Trinajstić information content (AvgIpc) is 2.67. The molecule has 1 amide bonds. The fourth-order valence-corrected chi connectivity index (χ4v) is 2.12. The van der Waals surface area contributed by atoms with Gasteiger partial charge in [0.05, 0.1) is 6.20 Å². The third-order valence-electron chi connectivity index (χ3n) is 1.80. The van der Waals surface area contributed by atoms with E-state index in [1.54, 1.807) is 0 Å². The van der Waals surface area contributed by atoms with Crippen LogP contribution in [0.4, 0.5) is 0 Å². The van der Waals surface area contributed by atoms with Gasteiger partial charge in [-0.25, -0.2) is 0 Å². The fourth-order valence-electron chi connectivity index (χ4n) is 0.910. The molecule has 14 heavy (non-hydrogen) atoms. The monoisotopic (exact) mass is 277 g/mol. The zero-order valence-corrected chi connectivity index (χ0v) is 10.3. The zero-order chi connectivity index (χ0) is 10.4. The lowest BCUT2D eigenvalue weighted by molar-refractivity contribution is 0.0952. The van der Waals surface area contributed by atoms with Gasteiger partial charge in [0.25, 0.3) is 5.91 Å². The SMILES string of the molecule is CC(CCBr)CNC(=O)c1cnns1. The van der Waals surface area contributed by atoms with Gasteiger partial charge in [0.2, 0.25) is 0 Å². The van der Waals surface area contributed by atoms with Crippen LogP contribution in [-0.2, 0) is 0 Å². The van der Waals surface area contributed by atoms with E-state index in [4.69, 9.17) is 0 Å². The highest BCUT2D eigenvalue weighted by atomic mass is 79.9.